The Hall–Kier alpha value is -0.980. The van der Waals surface area contributed by atoms with Crippen LogP contribution in [0.3, 0.4) is 0 Å². The highest BCUT2D eigenvalue weighted by atomic mass is 19.4. The van der Waals surface area contributed by atoms with Crippen LogP contribution >= 0.6 is 0 Å². The lowest BCUT2D eigenvalue weighted by molar-refractivity contribution is -0.163. The van der Waals surface area contributed by atoms with E-state index in [2.05, 4.69) is 4.74 Å². The molecule has 1 saturated heterocycles. The van der Waals surface area contributed by atoms with Gasteiger partial charge in [-0.25, -0.2) is 4.79 Å². The van der Waals surface area contributed by atoms with Crippen molar-refractivity contribution in [3.05, 3.63) is 0 Å². The Morgan fingerprint density at radius 2 is 2.18 bits per heavy atom. The second kappa shape index (κ2) is 6.09. The molecule has 0 aromatic rings. The molecule has 1 amide bonds. The molecule has 1 fully saturated rings. The molecule has 100 valence electrons. The summed E-state index contributed by atoms with van der Waals surface area (Å²) < 4.78 is 45.1. The Kier molecular flexibility index (Phi) is 5.04. The van der Waals surface area contributed by atoms with Crippen molar-refractivity contribution in [2.45, 2.75) is 32.0 Å². The van der Waals surface area contributed by atoms with Crippen LogP contribution in [0.2, 0.25) is 0 Å². The van der Waals surface area contributed by atoms with Gasteiger partial charge in [0.25, 0.3) is 0 Å². The largest absolute Gasteiger partial charge is 0.440 e. The quantitative estimate of drug-likeness (QED) is 0.776. The van der Waals surface area contributed by atoms with Crippen LogP contribution in [0.15, 0.2) is 0 Å². The van der Waals surface area contributed by atoms with Crippen molar-refractivity contribution in [3.63, 3.8) is 0 Å². The van der Waals surface area contributed by atoms with Gasteiger partial charge in [-0.15, -0.1) is 0 Å². The first-order valence-electron chi connectivity index (χ1n) is 5.52. The zero-order valence-corrected chi connectivity index (χ0v) is 9.63. The molecule has 1 heterocycles. The van der Waals surface area contributed by atoms with E-state index in [1.165, 1.54) is 4.90 Å². The van der Waals surface area contributed by atoms with Crippen LogP contribution in [0, 0.1) is 0 Å². The molecule has 4 nitrogen and oxygen atoms in total. The van der Waals surface area contributed by atoms with Gasteiger partial charge in [0.1, 0.15) is 0 Å². The molecular weight excluding hydrogens is 239 g/mol. The van der Waals surface area contributed by atoms with Crippen molar-refractivity contribution in [1.29, 1.82) is 0 Å². The zero-order chi connectivity index (χ0) is 12.9. The summed E-state index contributed by atoms with van der Waals surface area (Å²) in [5.74, 6) is 0. The Bertz CT molecular complexity index is 256. The number of piperidine rings is 1. The molecule has 1 unspecified atom stereocenters. The molecule has 0 saturated carbocycles. The number of nitrogens with zero attached hydrogens (tertiary/aromatic N) is 1. The summed E-state index contributed by atoms with van der Waals surface area (Å²) in [7, 11) is 0. The fourth-order valence-electron chi connectivity index (χ4n) is 1.71. The number of carbonyl (C=O) groups is 1. The lowest BCUT2D eigenvalue weighted by Crippen LogP contribution is -2.44. The van der Waals surface area contributed by atoms with Gasteiger partial charge >= 0.3 is 12.3 Å². The number of hydrogen-bond acceptors (Lipinski definition) is 3. The molecule has 0 spiro atoms. The second-order valence-corrected chi connectivity index (χ2v) is 3.84. The van der Waals surface area contributed by atoms with E-state index in [0.29, 0.717) is 26.1 Å². The molecule has 0 N–H and O–H groups in total. The number of rotatable bonds is 3. The predicted octanol–water partition coefficient (Wildman–Crippen LogP) is 2.19. The minimum absolute atomic E-state index is 0.104. The number of alkyl halides is 3. The van der Waals surface area contributed by atoms with Gasteiger partial charge < -0.3 is 14.4 Å². The van der Waals surface area contributed by atoms with Crippen molar-refractivity contribution in [2.75, 3.05) is 26.3 Å². The summed E-state index contributed by atoms with van der Waals surface area (Å²) >= 11 is 0. The average molecular weight is 255 g/mol. The van der Waals surface area contributed by atoms with Crippen molar-refractivity contribution < 1.29 is 27.4 Å². The van der Waals surface area contributed by atoms with E-state index in [1.807, 2.05) is 6.92 Å². The average Bonchev–Trinajstić information content (AvgIpc) is 2.26. The first-order chi connectivity index (χ1) is 7.92. The maximum Gasteiger partial charge on any atom is 0.422 e. The molecule has 0 aromatic carbocycles. The maximum atomic E-state index is 11.9. The zero-order valence-electron chi connectivity index (χ0n) is 9.63. The molecule has 1 aliphatic heterocycles. The van der Waals surface area contributed by atoms with Gasteiger partial charge in [-0.3, -0.25) is 0 Å². The van der Waals surface area contributed by atoms with Crippen LogP contribution < -0.4 is 0 Å². The van der Waals surface area contributed by atoms with Crippen molar-refractivity contribution in [2.24, 2.45) is 0 Å². The monoisotopic (exact) mass is 255 g/mol. The first kappa shape index (κ1) is 14.1. The molecule has 0 radical (unpaired) electrons. The predicted molar refractivity (Wildman–Crippen MR) is 53.6 cm³/mol. The summed E-state index contributed by atoms with van der Waals surface area (Å²) in [5.41, 5.74) is 0. The Morgan fingerprint density at radius 3 is 2.76 bits per heavy atom. The van der Waals surface area contributed by atoms with E-state index >= 15 is 0 Å². The molecule has 1 rings (SSSR count). The Labute approximate surface area is 97.7 Å². The topological polar surface area (TPSA) is 38.8 Å². The van der Waals surface area contributed by atoms with E-state index in [0.717, 1.165) is 6.42 Å². The van der Waals surface area contributed by atoms with E-state index in [-0.39, 0.29) is 6.10 Å². The molecule has 1 aliphatic rings. The van der Waals surface area contributed by atoms with Gasteiger partial charge in [0.15, 0.2) is 6.61 Å². The van der Waals surface area contributed by atoms with Crippen LogP contribution in [0.5, 0.6) is 0 Å². The van der Waals surface area contributed by atoms with Gasteiger partial charge in [-0.2, -0.15) is 13.2 Å². The first-order valence-corrected chi connectivity index (χ1v) is 5.52. The highest BCUT2D eigenvalue weighted by Crippen LogP contribution is 2.17. The summed E-state index contributed by atoms with van der Waals surface area (Å²) in [6, 6.07) is 0. The molecule has 0 bridgehead atoms. The van der Waals surface area contributed by atoms with Gasteiger partial charge in [0.05, 0.1) is 12.6 Å². The van der Waals surface area contributed by atoms with Crippen molar-refractivity contribution in [3.8, 4) is 0 Å². The second-order valence-electron chi connectivity index (χ2n) is 3.84. The normalized spacial score (nSPS) is 21.4. The Morgan fingerprint density at radius 1 is 1.47 bits per heavy atom. The van der Waals surface area contributed by atoms with Crippen LogP contribution in [0.25, 0.3) is 0 Å². The highest BCUT2D eigenvalue weighted by Gasteiger charge is 2.32. The highest BCUT2D eigenvalue weighted by molar-refractivity contribution is 5.67. The third-order valence-corrected chi connectivity index (χ3v) is 2.40. The van der Waals surface area contributed by atoms with E-state index in [9.17, 15) is 18.0 Å². The fraction of sp³-hybridized carbons (Fsp3) is 0.900. The Balaban J connectivity index is 2.36. The van der Waals surface area contributed by atoms with E-state index in [4.69, 9.17) is 4.74 Å². The number of halogens is 3. The number of carbonyl (C=O) groups excluding carboxylic acids is 1. The van der Waals surface area contributed by atoms with Crippen LogP contribution in [-0.2, 0) is 9.47 Å². The van der Waals surface area contributed by atoms with Gasteiger partial charge in [0.2, 0.25) is 0 Å². The molecule has 0 aromatic heterocycles. The number of hydrogen-bond donors (Lipinski definition) is 0. The van der Waals surface area contributed by atoms with Crippen LogP contribution in [-0.4, -0.2) is 49.6 Å². The van der Waals surface area contributed by atoms with Crippen molar-refractivity contribution >= 4 is 6.09 Å². The fourth-order valence-corrected chi connectivity index (χ4v) is 1.71. The summed E-state index contributed by atoms with van der Waals surface area (Å²) in [6.45, 7) is 1.53. The SMILES string of the molecule is CCOC1CCCN(C(=O)OCC(F)(F)F)C1. The number of ether oxygens (including phenoxy) is 2. The minimum Gasteiger partial charge on any atom is -0.440 e. The summed E-state index contributed by atoms with van der Waals surface area (Å²) in [4.78, 5) is 12.6. The molecule has 17 heavy (non-hydrogen) atoms. The minimum atomic E-state index is -4.48. The number of likely N-dealkylation sites (tertiary alicyclic amines) is 1. The van der Waals surface area contributed by atoms with Gasteiger partial charge in [0, 0.05) is 13.2 Å². The third kappa shape index (κ3) is 5.25. The van der Waals surface area contributed by atoms with E-state index < -0.39 is 18.9 Å². The molecule has 1 atom stereocenters. The van der Waals surface area contributed by atoms with E-state index in [1.54, 1.807) is 0 Å². The van der Waals surface area contributed by atoms with Crippen LogP contribution in [0.1, 0.15) is 19.8 Å². The summed E-state index contributed by atoms with van der Waals surface area (Å²) in [6.07, 6.45) is -3.98. The van der Waals surface area contributed by atoms with Crippen molar-refractivity contribution in [1.82, 2.24) is 4.90 Å². The lowest BCUT2D eigenvalue weighted by atomic mass is 10.1. The third-order valence-electron chi connectivity index (χ3n) is 2.40. The van der Waals surface area contributed by atoms with Gasteiger partial charge in [-0.1, -0.05) is 0 Å². The molecular formula is C10H16F3NO3. The van der Waals surface area contributed by atoms with Gasteiger partial charge in [-0.05, 0) is 19.8 Å². The summed E-state index contributed by atoms with van der Waals surface area (Å²) in [5, 5.41) is 0. The molecule has 0 aliphatic carbocycles. The number of amides is 1. The standard InChI is InChI=1S/C10H16F3NO3/c1-2-16-8-4-3-5-14(6-8)9(15)17-7-10(11,12)13/h8H,2-7H2,1H3. The molecule has 7 heteroatoms. The lowest BCUT2D eigenvalue weighted by Gasteiger charge is -2.31. The smallest absolute Gasteiger partial charge is 0.422 e. The van der Waals surface area contributed by atoms with Crippen LogP contribution in [0.4, 0.5) is 18.0 Å². The maximum absolute atomic E-state index is 11.9.